The summed E-state index contributed by atoms with van der Waals surface area (Å²) in [6.07, 6.45) is 0.977. The largest absolute Gasteiger partial charge is 0.365 e. The molecule has 0 aliphatic carbocycles. The Kier molecular flexibility index (Phi) is 2.24. The lowest BCUT2D eigenvalue weighted by molar-refractivity contribution is 0.00607. The number of hydrogen-bond acceptors (Lipinski definition) is 2. The van der Waals surface area contributed by atoms with Gasteiger partial charge < -0.3 is 4.74 Å². The Hall–Kier alpha value is 0.110. The van der Waals surface area contributed by atoms with E-state index in [-0.39, 0.29) is 10.7 Å². The maximum Gasteiger partial charge on any atom is 0.134 e. The predicted octanol–water partition coefficient (Wildman–Crippen LogP) is 0.890. The monoisotopic (exact) mass is 148 g/mol. The van der Waals surface area contributed by atoms with Crippen LogP contribution < -0.4 is 0 Å². The minimum atomic E-state index is -0.752. The molecule has 0 spiro atoms. The van der Waals surface area contributed by atoms with Gasteiger partial charge in [0.15, 0.2) is 0 Å². The minimum Gasteiger partial charge on any atom is -0.365 e. The maximum absolute atomic E-state index is 11.1. The Balaban J connectivity index is 2.32. The fourth-order valence-electron chi connectivity index (χ4n) is 0.701. The van der Waals surface area contributed by atoms with Crippen LogP contribution in [0, 0.1) is 0 Å². The molecule has 1 aliphatic rings. The SMILES string of the molecule is CC(C)S(=O)C1CCO1. The van der Waals surface area contributed by atoms with Gasteiger partial charge in [-0.15, -0.1) is 0 Å². The first-order valence-corrected chi connectivity index (χ1v) is 4.50. The van der Waals surface area contributed by atoms with Gasteiger partial charge in [-0.3, -0.25) is 4.21 Å². The molecule has 2 unspecified atom stereocenters. The van der Waals surface area contributed by atoms with E-state index in [4.69, 9.17) is 4.74 Å². The van der Waals surface area contributed by atoms with E-state index in [2.05, 4.69) is 0 Å². The molecule has 54 valence electrons. The van der Waals surface area contributed by atoms with E-state index in [9.17, 15) is 4.21 Å². The molecule has 1 rings (SSSR count). The maximum atomic E-state index is 11.1. The van der Waals surface area contributed by atoms with Crippen LogP contribution in [0.4, 0.5) is 0 Å². The highest BCUT2D eigenvalue weighted by molar-refractivity contribution is 7.86. The second kappa shape index (κ2) is 2.80. The molecule has 2 atom stereocenters. The molecule has 1 saturated heterocycles. The van der Waals surface area contributed by atoms with Gasteiger partial charge in [0.05, 0.1) is 17.4 Å². The molecule has 9 heavy (non-hydrogen) atoms. The molecule has 3 heteroatoms. The Morgan fingerprint density at radius 3 is 2.33 bits per heavy atom. The Labute approximate surface area is 58.0 Å². The van der Waals surface area contributed by atoms with E-state index in [0.717, 1.165) is 13.0 Å². The quantitative estimate of drug-likeness (QED) is 0.581. The first kappa shape index (κ1) is 7.22. The number of ether oxygens (including phenoxy) is 1. The molecule has 2 nitrogen and oxygen atoms in total. The molecule has 0 aromatic heterocycles. The third-order valence-corrected chi connectivity index (χ3v) is 3.20. The zero-order valence-electron chi connectivity index (χ0n) is 5.79. The molecule has 1 heterocycles. The fourth-order valence-corrected chi connectivity index (χ4v) is 1.87. The number of hydrogen-bond donors (Lipinski definition) is 0. The van der Waals surface area contributed by atoms with Crippen LogP contribution in [0.5, 0.6) is 0 Å². The summed E-state index contributed by atoms with van der Waals surface area (Å²) in [5.41, 5.74) is 0.0463. The first-order valence-electron chi connectivity index (χ1n) is 3.23. The highest BCUT2D eigenvalue weighted by atomic mass is 32.2. The van der Waals surface area contributed by atoms with E-state index in [0.29, 0.717) is 0 Å². The van der Waals surface area contributed by atoms with E-state index < -0.39 is 10.8 Å². The predicted molar refractivity (Wildman–Crippen MR) is 37.6 cm³/mol. The van der Waals surface area contributed by atoms with Gasteiger partial charge in [0, 0.05) is 11.7 Å². The summed E-state index contributed by atoms with van der Waals surface area (Å²) in [6, 6.07) is 0. The fraction of sp³-hybridized carbons (Fsp3) is 1.00. The average Bonchev–Trinajstić information content (AvgIpc) is 1.60. The van der Waals surface area contributed by atoms with Gasteiger partial charge in [-0.25, -0.2) is 0 Å². The van der Waals surface area contributed by atoms with Crippen LogP contribution in [0.25, 0.3) is 0 Å². The minimum absolute atomic E-state index is 0.0463. The highest BCUT2D eigenvalue weighted by Crippen LogP contribution is 2.17. The Morgan fingerprint density at radius 2 is 2.22 bits per heavy atom. The van der Waals surface area contributed by atoms with Gasteiger partial charge >= 0.3 is 0 Å². The molecule has 0 radical (unpaired) electrons. The van der Waals surface area contributed by atoms with Crippen LogP contribution in [-0.2, 0) is 15.5 Å². The Bertz CT molecular complexity index is 118. The Morgan fingerprint density at radius 1 is 1.67 bits per heavy atom. The van der Waals surface area contributed by atoms with Gasteiger partial charge in [-0.1, -0.05) is 13.8 Å². The van der Waals surface area contributed by atoms with Crippen molar-refractivity contribution >= 4 is 10.8 Å². The van der Waals surface area contributed by atoms with Crippen molar-refractivity contribution in [1.82, 2.24) is 0 Å². The van der Waals surface area contributed by atoms with Crippen LogP contribution in [0.15, 0.2) is 0 Å². The molecule has 0 saturated carbocycles. The molecule has 0 N–H and O–H groups in total. The summed E-state index contributed by atoms with van der Waals surface area (Å²) in [4.78, 5) is 0. The van der Waals surface area contributed by atoms with Crippen LogP contribution in [0.1, 0.15) is 20.3 Å². The van der Waals surface area contributed by atoms with E-state index >= 15 is 0 Å². The van der Waals surface area contributed by atoms with Crippen molar-refractivity contribution in [3.63, 3.8) is 0 Å². The summed E-state index contributed by atoms with van der Waals surface area (Å²) in [5, 5.41) is 0.246. The zero-order chi connectivity index (χ0) is 6.85. The van der Waals surface area contributed by atoms with Gasteiger partial charge in [-0.2, -0.15) is 0 Å². The van der Waals surface area contributed by atoms with E-state index in [1.165, 1.54) is 0 Å². The summed E-state index contributed by atoms with van der Waals surface area (Å²) in [7, 11) is -0.752. The van der Waals surface area contributed by atoms with Crippen molar-refractivity contribution < 1.29 is 8.95 Å². The van der Waals surface area contributed by atoms with Crippen LogP contribution in [0.3, 0.4) is 0 Å². The van der Waals surface area contributed by atoms with Crippen LogP contribution >= 0.6 is 0 Å². The van der Waals surface area contributed by atoms with Gasteiger partial charge in [0.1, 0.15) is 5.44 Å². The third kappa shape index (κ3) is 1.52. The van der Waals surface area contributed by atoms with Gasteiger partial charge in [0.2, 0.25) is 0 Å². The van der Waals surface area contributed by atoms with Gasteiger partial charge in [0.25, 0.3) is 0 Å². The molecule has 1 fully saturated rings. The van der Waals surface area contributed by atoms with Crippen molar-refractivity contribution in [2.45, 2.75) is 31.0 Å². The normalized spacial score (nSPS) is 29.9. The summed E-state index contributed by atoms with van der Waals surface area (Å²) < 4.78 is 16.2. The van der Waals surface area contributed by atoms with Crippen molar-refractivity contribution in [2.24, 2.45) is 0 Å². The first-order chi connectivity index (χ1) is 4.22. The lowest BCUT2D eigenvalue weighted by Crippen LogP contribution is -2.34. The molecule has 0 bridgehead atoms. The van der Waals surface area contributed by atoms with E-state index in [1.54, 1.807) is 0 Å². The molecule has 0 aromatic rings. The summed E-state index contributed by atoms with van der Waals surface area (Å²) >= 11 is 0. The highest BCUT2D eigenvalue weighted by Gasteiger charge is 2.26. The second-order valence-electron chi connectivity index (χ2n) is 2.47. The zero-order valence-corrected chi connectivity index (χ0v) is 6.61. The topological polar surface area (TPSA) is 26.3 Å². The van der Waals surface area contributed by atoms with E-state index in [1.807, 2.05) is 13.8 Å². The number of rotatable bonds is 2. The average molecular weight is 148 g/mol. The molecular formula is C6H12O2S. The van der Waals surface area contributed by atoms with Gasteiger partial charge in [-0.05, 0) is 0 Å². The second-order valence-corrected chi connectivity index (χ2v) is 4.59. The van der Waals surface area contributed by atoms with Crippen molar-refractivity contribution in [3.05, 3.63) is 0 Å². The molecular weight excluding hydrogens is 136 g/mol. The molecule has 0 amide bonds. The summed E-state index contributed by atoms with van der Waals surface area (Å²) in [6.45, 7) is 4.71. The van der Waals surface area contributed by atoms with Crippen molar-refractivity contribution in [3.8, 4) is 0 Å². The molecule has 0 aromatic carbocycles. The standard InChI is InChI=1S/C6H12O2S/c1-5(2)9(7)6-3-4-8-6/h5-6H,3-4H2,1-2H3. The molecule has 1 aliphatic heterocycles. The lowest BCUT2D eigenvalue weighted by Gasteiger charge is -2.26. The summed E-state index contributed by atoms with van der Waals surface area (Å²) in [5.74, 6) is 0. The van der Waals surface area contributed by atoms with Crippen molar-refractivity contribution in [1.29, 1.82) is 0 Å². The smallest absolute Gasteiger partial charge is 0.134 e. The lowest BCUT2D eigenvalue weighted by atomic mass is 10.4. The van der Waals surface area contributed by atoms with Crippen LogP contribution in [-0.4, -0.2) is 21.5 Å². The van der Waals surface area contributed by atoms with Crippen LogP contribution in [0.2, 0.25) is 0 Å². The van der Waals surface area contributed by atoms with Crippen molar-refractivity contribution in [2.75, 3.05) is 6.61 Å². The third-order valence-electron chi connectivity index (χ3n) is 1.38.